The number of aromatic nitrogens is 2. The number of imidazole rings is 1. The minimum Gasteiger partial charge on any atom is -0.446 e. The predicted octanol–water partition coefficient (Wildman–Crippen LogP) is 2.94. The first-order valence-electron chi connectivity index (χ1n) is 12.4. The maximum absolute atomic E-state index is 15.3. The van der Waals surface area contributed by atoms with E-state index in [1.54, 1.807) is 6.20 Å². The molecule has 1 atom stereocenters. The Hall–Kier alpha value is -3.47. The van der Waals surface area contributed by atoms with Crippen molar-refractivity contribution in [1.29, 1.82) is 0 Å². The molecule has 1 aromatic carbocycles. The van der Waals surface area contributed by atoms with Gasteiger partial charge in [-0.05, 0) is 25.3 Å². The fraction of sp³-hybridized carbons (Fsp3) is 0.480. The zero-order valence-corrected chi connectivity index (χ0v) is 20.6. The van der Waals surface area contributed by atoms with Gasteiger partial charge in [-0.15, -0.1) is 0 Å². The number of benzene rings is 1. The van der Waals surface area contributed by atoms with Crippen LogP contribution in [0.3, 0.4) is 0 Å². The Morgan fingerprint density at radius 3 is 2.76 bits per heavy atom. The van der Waals surface area contributed by atoms with Crippen LogP contribution in [0.4, 0.5) is 9.18 Å². The summed E-state index contributed by atoms with van der Waals surface area (Å²) in [5, 5.41) is 4.92. The van der Waals surface area contributed by atoms with Crippen LogP contribution in [0.15, 0.2) is 18.5 Å². The third-order valence-electron chi connectivity index (χ3n) is 7.58. The number of alkyl carbamates (subject to hydrolysis) is 1. The van der Waals surface area contributed by atoms with Crippen LogP contribution in [0, 0.1) is 5.82 Å². The highest BCUT2D eigenvalue weighted by Crippen LogP contribution is 2.43. The average molecular weight is 530 g/mol. The summed E-state index contributed by atoms with van der Waals surface area (Å²) < 4.78 is 23.0. The van der Waals surface area contributed by atoms with Gasteiger partial charge in [0.25, 0.3) is 5.91 Å². The molecule has 1 aromatic heterocycles. The van der Waals surface area contributed by atoms with Crippen LogP contribution in [-0.4, -0.2) is 50.4 Å². The second-order valence-corrected chi connectivity index (χ2v) is 10.5. The molecule has 2 N–H and O–H groups in total. The van der Waals surface area contributed by atoms with Gasteiger partial charge in [0, 0.05) is 72.9 Å². The van der Waals surface area contributed by atoms with E-state index >= 15 is 4.39 Å². The monoisotopic (exact) mass is 529 g/mol. The van der Waals surface area contributed by atoms with E-state index in [9.17, 15) is 19.2 Å². The topological polar surface area (TPSA) is 123 Å². The van der Waals surface area contributed by atoms with Crippen molar-refractivity contribution in [2.45, 2.75) is 75.7 Å². The van der Waals surface area contributed by atoms with E-state index in [0.29, 0.717) is 18.8 Å². The number of rotatable bonds is 6. The number of piperidine rings is 1. The number of hydrogen-bond donors (Lipinski definition) is 2. The Morgan fingerprint density at radius 2 is 2.03 bits per heavy atom. The number of nitrogens with zero attached hydrogens (tertiary/aromatic N) is 3. The lowest BCUT2D eigenvalue weighted by atomic mass is 9.89. The highest BCUT2D eigenvalue weighted by atomic mass is 35.5. The van der Waals surface area contributed by atoms with Gasteiger partial charge in [0.1, 0.15) is 23.8 Å². The third kappa shape index (κ3) is 4.35. The minimum atomic E-state index is -0.876. The van der Waals surface area contributed by atoms with E-state index in [1.165, 1.54) is 11.0 Å². The lowest BCUT2D eigenvalue weighted by Crippen LogP contribution is -2.52. The Kier molecular flexibility index (Phi) is 5.89. The Balaban J connectivity index is 1.06. The molecule has 3 heterocycles. The molecule has 0 radical (unpaired) electrons. The van der Waals surface area contributed by atoms with E-state index in [2.05, 4.69) is 20.2 Å². The zero-order chi connectivity index (χ0) is 25.8. The standard InChI is InChI=1S/C25H25ClFN5O5/c26-17-7-13(21(27)20-16(17)11-32(24(20)35)18-3-4-19(33)30-23(18)34)10-29-25(36)37-15-8-14(9-15)31-6-5-28-22(31)12-1-2-12/h5-7,12,14-15,18H,1-4,8-11H2,(H,29,36)(H,30,33,34)/t14?,15?,18-/m0/s1. The van der Waals surface area contributed by atoms with Gasteiger partial charge >= 0.3 is 6.09 Å². The van der Waals surface area contributed by atoms with E-state index in [0.717, 1.165) is 18.7 Å². The van der Waals surface area contributed by atoms with Crippen molar-refractivity contribution in [1.82, 2.24) is 25.1 Å². The number of carbonyl (C=O) groups is 4. The molecule has 194 valence electrons. The quantitative estimate of drug-likeness (QED) is 0.555. The normalized spacial score (nSPS) is 25.0. The lowest BCUT2D eigenvalue weighted by molar-refractivity contribution is -0.136. The van der Waals surface area contributed by atoms with Crippen LogP contribution in [0.1, 0.15) is 77.8 Å². The molecule has 2 aliphatic carbocycles. The SMILES string of the molecule is O=C1CC[C@H](N2Cc3c(Cl)cc(CNC(=O)OC4CC(n5ccnc5C5CC5)C4)c(F)c3C2=O)C(=O)N1. The van der Waals surface area contributed by atoms with Crippen LogP contribution < -0.4 is 10.6 Å². The zero-order valence-electron chi connectivity index (χ0n) is 19.8. The lowest BCUT2D eigenvalue weighted by Gasteiger charge is -2.36. The first-order valence-corrected chi connectivity index (χ1v) is 12.8. The van der Waals surface area contributed by atoms with Crippen LogP contribution in [0.25, 0.3) is 0 Å². The molecule has 10 nitrogen and oxygen atoms in total. The molecule has 3 fully saturated rings. The molecule has 4 amide bonds. The Labute approximate surface area is 216 Å². The highest BCUT2D eigenvalue weighted by Gasteiger charge is 2.42. The van der Waals surface area contributed by atoms with Crippen molar-refractivity contribution < 1.29 is 28.3 Å². The van der Waals surface area contributed by atoms with Gasteiger partial charge in [-0.2, -0.15) is 0 Å². The number of imide groups is 1. The van der Waals surface area contributed by atoms with Crippen molar-refractivity contribution in [3.63, 3.8) is 0 Å². The number of fused-ring (bicyclic) bond motifs is 1. The van der Waals surface area contributed by atoms with Crippen LogP contribution in [-0.2, 0) is 27.4 Å². The second-order valence-electron chi connectivity index (χ2n) is 10.1. The molecule has 4 aliphatic rings. The molecule has 0 unspecified atom stereocenters. The molecule has 37 heavy (non-hydrogen) atoms. The largest absolute Gasteiger partial charge is 0.446 e. The van der Waals surface area contributed by atoms with Gasteiger partial charge in [-0.25, -0.2) is 14.2 Å². The maximum Gasteiger partial charge on any atom is 0.407 e. The van der Waals surface area contributed by atoms with Gasteiger partial charge in [-0.1, -0.05) is 11.6 Å². The molecule has 2 aromatic rings. The number of hydrogen-bond acceptors (Lipinski definition) is 6. The van der Waals surface area contributed by atoms with E-state index in [1.807, 2.05) is 6.20 Å². The van der Waals surface area contributed by atoms with E-state index < -0.39 is 35.7 Å². The Morgan fingerprint density at radius 1 is 1.24 bits per heavy atom. The smallest absolute Gasteiger partial charge is 0.407 e. The molecule has 1 saturated heterocycles. The minimum absolute atomic E-state index is 0.0336. The number of ether oxygens (including phenoxy) is 1. The summed E-state index contributed by atoms with van der Waals surface area (Å²) in [5.41, 5.74) is 0.111. The van der Waals surface area contributed by atoms with Crippen molar-refractivity contribution in [2.75, 3.05) is 0 Å². The second kappa shape index (κ2) is 9.13. The van der Waals surface area contributed by atoms with Gasteiger partial charge in [0.05, 0.1) is 5.56 Å². The first kappa shape index (κ1) is 23.9. The van der Waals surface area contributed by atoms with E-state index in [-0.39, 0.29) is 59.8 Å². The summed E-state index contributed by atoms with van der Waals surface area (Å²) in [6.45, 7) is -0.249. The van der Waals surface area contributed by atoms with Crippen LogP contribution in [0.2, 0.25) is 5.02 Å². The number of carbonyl (C=O) groups excluding carboxylic acids is 4. The molecular weight excluding hydrogens is 505 g/mol. The summed E-state index contributed by atoms with van der Waals surface area (Å²) in [7, 11) is 0. The fourth-order valence-electron chi connectivity index (χ4n) is 5.35. The summed E-state index contributed by atoms with van der Waals surface area (Å²) in [6.07, 6.45) is 6.81. The number of halogens is 2. The molecule has 0 bridgehead atoms. The third-order valence-corrected chi connectivity index (χ3v) is 7.92. The highest BCUT2D eigenvalue weighted by molar-refractivity contribution is 6.32. The summed E-state index contributed by atoms with van der Waals surface area (Å²) in [5.74, 6) is -0.821. The van der Waals surface area contributed by atoms with Crippen LogP contribution >= 0.6 is 11.6 Å². The van der Waals surface area contributed by atoms with E-state index in [4.69, 9.17) is 16.3 Å². The summed E-state index contributed by atoms with van der Waals surface area (Å²) >= 11 is 6.36. The fourth-order valence-corrected chi connectivity index (χ4v) is 5.64. The molecule has 12 heteroatoms. The maximum atomic E-state index is 15.3. The molecule has 6 rings (SSSR count). The van der Waals surface area contributed by atoms with Crippen LogP contribution in [0.5, 0.6) is 0 Å². The average Bonchev–Trinajstić information content (AvgIpc) is 3.46. The first-order chi connectivity index (χ1) is 17.8. The molecule has 2 aliphatic heterocycles. The molecule has 2 saturated carbocycles. The van der Waals surface area contributed by atoms with Gasteiger partial charge in [0.2, 0.25) is 11.8 Å². The van der Waals surface area contributed by atoms with Crippen molar-refractivity contribution in [2.24, 2.45) is 0 Å². The number of amides is 4. The van der Waals surface area contributed by atoms with Crippen molar-refractivity contribution in [3.05, 3.63) is 51.8 Å². The summed E-state index contributed by atoms with van der Waals surface area (Å²) in [4.78, 5) is 54.7. The van der Waals surface area contributed by atoms with Crippen molar-refractivity contribution in [3.8, 4) is 0 Å². The van der Waals surface area contributed by atoms with Crippen molar-refractivity contribution >= 4 is 35.4 Å². The predicted molar refractivity (Wildman–Crippen MR) is 127 cm³/mol. The summed E-state index contributed by atoms with van der Waals surface area (Å²) in [6, 6.07) is 0.746. The van der Waals surface area contributed by atoms with Gasteiger partial charge in [-0.3, -0.25) is 19.7 Å². The number of nitrogens with one attached hydrogen (secondary N) is 2. The molecular formula is C25H25ClFN5O5. The van der Waals surface area contributed by atoms with Gasteiger partial charge in [0.15, 0.2) is 0 Å². The Bertz CT molecular complexity index is 1320. The van der Waals surface area contributed by atoms with Gasteiger partial charge < -0.3 is 19.5 Å². The molecule has 0 spiro atoms.